The van der Waals surface area contributed by atoms with Crippen molar-refractivity contribution in [2.75, 3.05) is 0 Å². The largest absolute Gasteiger partial charge is 0.0801 e. The van der Waals surface area contributed by atoms with Crippen LogP contribution in [0.1, 0.15) is 42.9 Å². The Morgan fingerprint density at radius 1 is 0.667 bits per heavy atom. The zero-order chi connectivity index (χ0) is 18.5. The molecule has 3 aromatic rings. The second-order valence-electron chi connectivity index (χ2n) is 7.21. The fourth-order valence-corrected chi connectivity index (χ4v) is 4.54. The predicted molar refractivity (Wildman–Crippen MR) is 115 cm³/mol. The van der Waals surface area contributed by atoms with Crippen LogP contribution >= 0.6 is 0 Å². The molecule has 3 aromatic carbocycles. The van der Waals surface area contributed by atoms with Crippen molar-refractivity contribution in [3.05, 3.63) is 131 Å². The quantitative estimate of drug-likeness (QED) is 0.417. The van der Waals surface area contributed by atoms with Gasteiger partial charge in [-0.05, 0) is 40.7 Å². The Morgan fingerprint density at radius 3 is 1.52 bits per heavy atom. The van der Waals surface area contributed by atoms with Gasteiger partial charge in [-0.15, -0.1) is 0 Å². The molecule has 0 aromatic heterocycles. The lowest BCUT2D eigenvalue weighted by atomic mass is 9.63. The molecule has 0 heterocycles. The Hall–Kier alpha value is -2.86. The van der Waals surface area contributed by atoms with Gasteiger partial charge in [0, 0.05) is 0 Å². The number of hydrogen-bond donors (Lipinski definition) is 0. The molecule has 27 heavy (non-hydrogen) atoms. The fraction of sp³-hybridized carbons (Fsp3) is 0.185. The molecule has 0 saturated heterocycles. The third-order valence-corrected chi connectivity index (χ3v) is 5.62. The molecular formula is C27H26. The lowest BCUT2D eigenvalue weighted by Crippen LogP contribution is -2.32. The van der Waals surface area contributed by atoms with Crippen molar-refractivity contribution in [2.45, 2.75) is 31.6 Å². The zero-order valence-electron chi connectivity index (χ0n) is 15.9. The van der Waals surface area contributed by atoms with Gasteiger partial charge in [-0.2, -0.15) is 0 Å². The molecule has 0 spiro atoms. The number of allylic oxidation sites excluding steroid dienone is 4. The Kier molecular flexibility index (Phi) is 5.07. The van der Waals surface area contributed by atoms with E-state index in [9.17, 15) is 0 Å². The molecule has 0 atom stereocenters. The second-order valence-corrected chi connectivity index (χ2v) is 7.21. The molecule has 134 valence electrons. The summed E-state index contributed by atoms with van der Waals surface area (Å²) in [4.78, 5) is 0. The Labute approximate surface area is 162 Å². The third-order valence-electron chi connectivity index (χ3n) is 5.62. The molecule has 0 unspecified atom stereocenters. The minimum atomic E-state index is -0.252. The van der Waals surface area contributed by atoms with Crippen LogP contribution in [0.15, 0.2) is 114 Å². The summed E-state index contributed by atoms with van der Waals surface area (Å²) in [6.07, 6.45) is 7.98. The summed E-state index contributed by atoms with van der Waals surface area (Å²) >= 11 is 0. The van der Waals surface area contributed by atoms with Crippen molar-refractivity contribution in [1.82, 2.24) is 0 Å². The minimum Gasteiger partial charge on any atom is -0.0801 e. The van der Waals surface area contributed by atoms with E-state index in [4.69, 9.17) is 0 Å². The first kappa shape index (κ1) is 17.5. The number of hydrogen-bond acceptors (Lipinski definition) is 0. The smallest absolute Gasteiger partial charge is 0.0670 e. The SMILES string of the molecule is CCCC1=C(C(c2ccccc2)(c2ccccc2)c2ccccc2)CC=C1. The van der Waals surface area contributed by atoms with E-state index in [1.807, 2.05) is 0 Å². The normalized spacial score (nSPS) is 14.0. The van der Waals surface area contributed by atoms with Gasteiger partial charge in [-0.3, -0.25) is 0 Å². The summed E-state index contributed by atoms with van der Waals surface area (Å²) in [6.45, 7) is 2.27. The molecule has 0 bridgehead atoms. The molecule has 0 fully saturated rings. The first-order valence-electron chi connectivity index (χ1n) is 9.93. The molecule has 4 rings (SSSR count). The highest BCUT2D eigenvalue weighted by molar-refractivity contribution is 5.62. The van der Waals surface area contributed by atoms with Crippen LogP contribution in [0.3, 0.4) is 0 Å². The Bertz CT molecular complexity index is 834. The average molecular weight is 351 g/mol. The summed E-state index contributed by atoms with van der Waals surface area (Å²) in [6, 6.07) is 33.0. The second kappa shape index (κ2) is 7.80. The highest BCUT2D eigenvalue weighted by Gasteiger charge is 2.41. The first-order chi connectivity index (χ1) is 13.4. The van der Waals surface area contributed by atoms with Crippen LogP contribution in [-0.2, 0) is 5.41 Å². The summed E-state index contributed by atoms with van der Waals surface area (Å²) in [5.41, 5.74) is 6.79. The molecule has 0 radical (unpaired) electrons. The van der Waals surface area contributed by atoms with Crippen molar-refractivity contribution in [2.24, 2.45) is 0 Å². The van der Waals surface area contributed by atoms with E-state index < -0.39 is 0 Å². The minimum absolute atomic E-state index is 0.252. The molecule has 1 aliphatic rings. The van der Waals surface area contributed by atoms with Gasteiger partial charge in [0.15, 0.2) is 0 Å². The van der Waals surface area contributed by atoms with E-state index in [1.54, 1.807) is 0 Å². The van der Waals surface area contributed by atoms with Gasteiger partial charge in [0.25, 0.3) is 0 Å². The molecule has 1 aliphatic carbocycles. The van der Waals surface area contributed by atoms with E-state index in [0.717, 1.165) is 19.3 Å². The molecule has 0 aliphatic heterocycles. The summed E-state index contributed by atoms with van der Waals surface area (Å²) < 4.78 is 0. The molecular weight excluding hydrogens is 324 g/mol. The van der Waals surface area contributed by atoms with Crippen molar-refractivity contribution in [1.29, 1.82) is 0 Å². The maximum absolute atomic E-state index is 2.35. The van der Waals surface area contributed by atoms with Gasteiger partial charge in [-0.25, -0.2) is 0 Å². The summed E-state index contributed by atoms with van der Waals surface area (Å²) in [5.74, 6) is 0. The lowest BCUT2D eigenvalue weighted by molar-refractivity contribution is 0.696. The van der Waals surface area contributed by atoms with Crippen LogP contribution < -0.4 is 0 Å². The highest BCUT2D eigenvalue weighted by Crippen LogP contribution is 2.49. The van der Waals surface area contributed by atoms with Gasteiger partial charge in [0.1, 0.15) is 0 Å². The molecule has 0 nitrogen and oxygen atoms in total. The van der Waals surface area contributed by atoms with E-state index in [2.05, 4.69) is 110 Å². The van der Waals surface area contributed by atoms with E-state index in [-0.39, 0.29) is 5.41 Å². The maximum atomic E-state index is 2.35. The Balaban J connectivity index is 2.09. The Morgan fingerprint density at radius 2 is 1.11 bits per heavy atom. The lowest BCUT2D eigenvalue weighted by Gasteiger charge is -2.39. The maximum Gasteiger partial charge on any atom is 0.0670 e. The van der Waals surface area contributed by atoms with Crippen LogP contribution in [0, 0.1) is 0 Å². The topological polar surface area (TPSA) is 0 Å². The molecule has 0 amide bonds. The monoisotopic (exact) mass is 350 g/mol. The fourth-order valence-electron chi connectivity index (χ4n) is 4.54. The third kappa shape index (κ3) is 3.06. The van der Waals surface area contributed by atoms with Crippen LogP contribution in [0.2, 0.25) is 0 Å². The van der Waals surface area contributed by atoms with Crippen LogP contribution in [-0.4, -0.2) is 0 Å². The summed E-state index contributed by atoms with van der Waals surface area (Å²) in [7, 11) is 0. The molecule has 0 saturated carbocycles. The van der Waals surface area contributed by atoms with Crippen molar-refractivity contribution in [3.8, 4) is 0 Å². The van der Waals surface area contributed by atoms with Gasteiger partial charge in [0.2, 0.25) is 0 Å². The summed E-state index contributed by atoms with van der Waals surface area (Å²) in [5, 5.41) is 0. The van der Waals surface area contributed by atoms with E-state index in [1.165, 1.54) is 27.8 Å². The van der Waals surface area contributed by atoms with Crippen molar-refractivity contribution < 1.29 is 0 Å². The molecule has 0 N–H and O–H groups in total. The van der Waals surface area contributed by atoms with Crippen molar-refractivity contribution in [3.63, 3.8) is 0 Å². The van der Waals surface area contributed by atoms with Gasteiger partial charge >= 0.3 is 0 Å². The van der Waals surface area contributed by atoms with Gasteiger partial charge in [-0.1, -0.05) is 116 Å². The number of benzene rings is 3. The van der Waals surface area contributed by atoms with Crippen molar-refractivity contribution >= 4 is 0 Å². The number of rotatable bonds is 6. The standard InChI is InChI=1S/C27H26/c1-2-13-22-14-12-21-26(22)27(23-15-6-3-7-16-23,24-17-8-4-9-18-24)25-19-10-5-11-20-25/h3-12,14-20H,2,13,21H2,1H3. The van der Waals surface area contributed by atoms with Gasteiger partial charge in [0.05, 0.1) is 5.41 Å². The average Bonchev–Trinajstić information content (AvgIpc) is 3.20. The highest BCUT2D eigenvalue weighted by atomic mass is 14.4. The van der Waals surface area contributed by atoms with E-state index >= 15 is 0 Å². The van der Waals surface area contributed by atoms with E-state index in [0.29, 0.717) is 0 Å². The van der Waals surface area contributed by atoms with Gasteiger partial charge < -0.3 is 0 Å². The van der Waals surface area contributed by atoms with Crippen LogP contribution in [0.4, 0.5) is 0 Å². The van der Waals surface area contributed by atoms with Crippen LogP contribution in [0.25, 0.3) is 0 Å². The van der Waals surface area contributed by atoms with Crippen LogP contribution in [0.5, 0.6) is 0 Å². The zero-order valence-corrected chi connectivity index (χ0v) is 15.9. The molecule has 0 heteroatoms. The predicted octanol–water partition coefficient (Wildman–Crippen LogP) is 7.08. The first-order valence-corrected chi connectivity index (χ1v) is 9.93.